The van der Waals surface area contributed by atoms with Crippen molar-refractivity contribution in [2.45, 2.75) is 52.6 Å². The van der Waals surface area contributed by atoms with Crippen molar-refractivity contribution in [1.82, 2.24) is 5.32 Å². The lowest BCUT2D eigenvalue weighted by Gasteiger charge is -2.35. The standard InChI is InChI=1S/C16H25N/c1-12-6-4-9-15(10-12)11-17-16-13(2)7-5-8-14(16)3/h4,6,9-10,13-14,16-17H,5,7-8,11H2,1-3H3. The third kappa shape index (κ3) is 3.32. The maximum Gasteiger partial charge on any atom is 0.0208 e. The van der Waals surface area contributed by atoms with Crippen LogP contribution in [-0.2, 0) is 6.54 Å². The smallest absolute Gasteiger partial charge is 0.0208 e. The highest BCUT2D eigenvalue weighted by atomic mass is 14.9. The van der Waals surface area contributed by atoms with Gasteiger partial charge in [0.05, 0.1) is 0 Å². The highest BCUT2D eigenvalue weighted by Gasteiger charge is 2.26. The molecular weight excluding hydrogens is 206 g/mol. The topological polar surface area (TPSA) is 12.0 Å². The lowest BCUT2D eigenvalue weighted by atomic mass is 9.78. The van der Waals surface area contributed by atoms with E-state index in [4.69, 9.17) is 0 Å². The van der Waals surface area contributed by atoms with Crippen LogP contribution in [0.3, 0.4) is 0 Å². The van der Waals surface area contributed by atoms with E-state index in [1.807, 2.05) is 0 Å². The van der Waals surface area contributed by atoms with Gasteiger partial charge < -0.3 is 5.32 Å². The molecule has 1 N–H and O–H groups in total. The molecule has 0 amide bonds. The zero-order chi connectivity index (χ0) is 12.3. The number of benzene rings is 1. The van der Waals surface area contributed by atoms with Crippen LogP contribution in [0.2, 0.25) is 0 Å². The summed E-state index contributed by atoms with van der Waals surface area (Å²) in [5.41, 5.74) is 2.77. The van der Waals surface area contributed by atoms with Crippen molar-refractivity contribution in [3.63, 3.8) is 0 Å². The van der Waals surface area contributed by atoms with Gasteiger partial charge in [-0.15, -0.1) is 0 Å². The molecule has 1 fully saturated rings. The highest BCUT2D eigenvalue weighted by molar-refractivity contribution is 5.22. The van der Waals surface area contributed by atoms with Crippen molar-refractivity contribution >= 4 is 0 Å². The third-order valence-corrected chi connectivity index (χ3v) is 4.17. The number of hydrogen-bond donors (Lipinski definition) is 1. The van der Waals surface area contributed by atoms with Gasteiger partial charge in [-0.25, -0.2) is 0 Å². The molecule has 1 aromatic carbocycles. The zero-order valence-electron chi connectivity index (χ0n) is 11.4. The Morgan fingerprint density at radius 3 is 2.53 bits per heavy atom. The van der Waals surface area contributed by atoms with Gasteiger partial charge in [0.2, 0.25) is 0 Å². The molecule has 2 atom stereocenters. The predicted octanol–water partition coefficient (Wildman–Crippen LogP) is 3.91. The summed E-state index contributed by atoms with van der Waals surface area (Å²) < 4.78 is 0. The SMILES string of the molecule is Cc1cccc(CNC2C(C)CCCC2C)c1. The quantitative estimate of drug-likeness (QED) is 0.831. The van der Waals surface area contributed by atoms with Crippen LogP contribution >= 0.6 is 0 Å². The second-order valence-corrected chi connectivity index (χ2v) is 5.78. The molecule has 1 aromatic rings. The van der Waals surface area contributed by atoms with Gasteiger partial charge in [-0.1, -0.05) is 50.1 Å². The van der Waals surface area contributed by atoms with Crippen LogP contribution in [0.1, 0.15) is 44.2 Å². The first-order valence-corrected chi connectivity index (χ1v) is 6.96. The molecular formula is C16H25N. The largest absolute Gasteiger partial charge is 0.309 e. The average molecular weight is 231 g/mol. The average Bonchev–Trinajstić information content (AvgIpc) is 2.28. The summed E-state index contributed by atoms with van der Waals surface area (Å²) >= 11 is 0. The van der Waals surface area contributed by atoms with Crippen LogP contribution < -0.4 is 5.32 Å². The molecule has 0 radical (unpaired) electrons. The van der Waals surface area contributed by atoms with Crippen LogP contribution in [0.4, 0.5) is 0 Å². The van der Waals surface area contributed by atoms with E-state index in [0.717, 1.165) is 18.4 Å². The molecule has 1 aliphatic carbocycles. The summed E-state index contributed by atoms with van der Waals surface area (Å²) in [6.07, 6.45) is 4.18. The number of nitrogens with one attached hydrogen (secondary N) is 1. The normalized spacial score (nSPS) is 29.2. The van der Waals surface area contributed by atoms with E-state index in [1.165, 1.54) is 30.4 Å². The molecule has 0 aromatic heterocycles. The molecule has 1 saturated carbocycles. The summed E-state index contributed by atoms with van der Waals surface area (Å²) in [5, 5.41) is 3.76. The van der Waals surface area contributed by atoms with Gasteiger partial charge in [0.1, 0.15) is 0 Å². The van der Waals surface area contributed by atoms with Crippen molar-refractivity contribution < 1.29 is 0 Å². The lowest BCUT2D eigenvalue weighted by molar-refractivity contribution is 0.207. The first-order valence-electron chi connectivity index (χ1n) is 6.96. The monoisotopic (exact) mass is 231 g/mol. The Morgan fingerprint density at radius 2 is 1.88 bits per heavy atom. The Balaban J connectivity index is 1.92. The Hall–Kier alpha value is -0.820. The fourth-order valence-corrected chi connectivity index (χ4v) is 3.14. The van der Waals surface area contributed by atoms with Gasteiger partial charge >= 0.3 is 0 Å². The zero-order valence-corrected chi connectivity index (χ0v) is 11.4. The molecule has 94 valence electrons. The van der Waals surface area contributed by atoms with Crippen LogP contribution in [0.15, 0.2) is 24.3 Å². The fraction of sp³-hybridized carbons (Fsp3) is 0.625. The molecule has 2 rings (SSSR count). The van der Waals surface area contributed by atoms with Crippen molar-refractivity contribution in [2.75, 3.05) is 0 Å². The molecule has 2 unspecified atom stereocenters. The first kappa shape index (κ1) is 12.6. The van der Waals surface area contributed by atoms with E-state index < -0.39 is 0 Å². The minimum atomic E-state index is 0.698. The van der Waals surface area contributed by atoms with Crippen molar-refractivity contribution in [2.24, 2.45) is 11.8 Å². The van der Waals surface area contributed by atoms with E-state index in [2.05, 4.69) is 50.4 Å². The summed E-state index contributed by atoms with van der Waals surface area (Å²) in [5.74, 6) is 1.65. The van der Waals surface area contributed by atoms with Crippen molar-refractivity contribution in [3.05, 3.63) is 35.4 Å². The summed E-state index contributed by atoms with van der Waals surface area (Å²) in [7, 11) is 0. The Kier molecular flexibility index (Phi) is 4.22. The molecule has 1 nitrogen and oxygen atoms in total. The maximum atomic E-state index is 3.76. The molecule has 1 aliphatic rings. The maximum absolute atomic E-state index is 3.76. The van der Waals surface area contributed by atoms with Gasteiger partial charge in [0.15, 0.2) is 0 Å². The van der Waals surface area contributed by atoms with Crippen molar-refractivity contribution in [3.8, 4) is 0 Å². The van der Waals surface area contributed by atoms with Crippen LogP contribution in [0, 0.1) is 18.8 Å². The fourth-order valence-electron chi connectivity index (χ4n) is 3.14. The van der Waals surface area contributed by atoms with E-state index in [-0.39, 0.29) is 0 Å². The number of rotatable bonds is 3. The highest BCUT2D eigenvalue weighted by Crippen LogP contribution is 2.28. The summed E-state index contributed by atoms with van der Waals surface area (Å²) in [4.78, 5) is 0. The minimum absolute atomic E-state index is 0.698. The van der Waals surface area contributed by atoms with E-state index in [0.29, 0.717) is 6.04 Å². The lowest BCUT2D eigenvalue weighted by Crippen LogP contribution is -2.42. The van der Waals surface area contributed by atoms with Gasteiger partial charge in [-0.3, -0.25) is 0 Å². The molecule has 1 heteroatoms. The predicted molar refractivity (Wildman–Crippen MR) is 74.0 cm³/mol. The second kappa shape index (κ2) is 5.68. The Labute approximate surface area is 106 Å². The molecule has 0 saturated heterocycles. The van der Waals surface area contributed by atoms with Gasteiger partial charge in [-0.2, -0.15) is 0 Å². The summed E-state index contributed by atoms with van der Waals surface area (Å²) in [6, 6.07) is 9.52. The summed E-state index contributed by atoms with van der Waals surface area (Å²) in [6.45, 7) is 7.96. The van der Waals surface area contributed by atoms with Crippen LogP contribution in [0.25, 0.3) is 0 Å². The van der Waals surface area contributed by atoms with E-state index in [1.54, 1.807) is 0 Å². The first-order chi connectivity index (χ1) is 8.16. The molecule has 0 heterocycles. The van der Waals surface area contributed by atoms with Gasteiger partial charge in [-0.05, 0) is 37.2 Å². The Bertz CT molecular complexity index is 348. The molecule has 0 aliphatic heterocycles. The number of hydrogen-bond acceptors (Lipinski definition) is 1. The van der Waals surface area contributed by atoms with Gasteiger partial charge in [0.25, 0.3) is 0 Å². The number of aryl methyl sites for hydroxylation is 1. The van der Waals surface area contributed by atoms with E-state index >= 15 is 0 Å². The molecule has 17 heavy (non-hydrogen) atoms. The van der Waals surface area contributed by atoms with Gasteiger partial charge in [0, 0.05) is 12.6 Å². The van der Waals surface area contributed by atoms with Crippen molar-refractivity contribution in [1.29, 1.82) is 0 Å². The second-order valence-electron chi connectivity index (χ2n) is 5.78. The van der Waals surface area contributed by atoms with E-state index in [9.17, 15) is 0 Å². The minimum Gasteiger partial charge on any atom is -0.309 e. The third-order valence-electron chi connectivity index (χ3n) is 4.17. The molecule has 0 spiro atoms. The van der Waals surface area contributed by atoms with Crippen LogP contribution in [0.5, 0.6) is 0 Å². The molecule has 0 bridgehead atoms. The Morgan fingerprint density at radius 1 is 1.18 bits per heavy atom. The van der Waals surface area contributed by atoms with Crippen LogP contribution in [-0.4, -0.2) is 6.04 Å².